The topological polar surface area (TPSA) is 43.8 Å². The van der Waals surface area contributed by atoms with Gasteiger partial charge in [0.2, 0.25) is 0 Å². The number of rotatable bonds is 10. The van der Waals surface area contributed by atoms with Crippen LogP contribution in [0.5, 0.6) is 17.2 Å². The average molecular weight is 515 g/mol. The zero-order valence-corrected chi connectivity index (χ0v) is 22.2. The molecule has 0 saturated carbocycles. The molecule has 0 atom stereocenters. The molecule has 0 N–H and O–H groups in total. The lowest BCUT2D eigenvalue weighted by Crippen LogP contribution is -2.35. The normalized spacial score (nSPS) is 14.5. The zero-order valence-electron chi connectivity index (χ0n) is 22.2. The van der Waals surface area contributed by atoms with Crippen LogP contribution in [0.1, 0.15) is 32.3 Å². The molecule has 0 unspecified atom stereocenters. The van der Waals surface area contributed by atoms with Crippen LogP contribution >= 0.6 is 0 Å². The maximum atomic E-state index is 13.6. The van der Waals surface area contributed by atoms with Gasteiger partial charge in [-0.05, 0) is 93.2 Å². The van der Waals surface area contributed by atoms with Crippen molar-refractivity contribution in [3.05, 3.63) is 84.3 Å². The molecule has 2 heterocycles. The summed E-state index contributed by atoms with van der Waals surface area (Å²) in [5.74, 6) is 2.66. The number of aromatic nitrogens is 1. The van der Waals surface area contributed by atoms with Crippen LogP contribution in [0.3, 0.4) is 0 Å². The number of para-hydroxylation sites is 1. The Bertz CT molecular complexity index is 1320. The standard InChI is InChI=1S/C32H35FN2O3/c1-3-36-29-19-24(20-30(37-4-2)31(29)25-10-12-27(33)13-11-25)21-35-17-14-23(15-18-35)22-38-28-9-5-7-26-8-6-16-34-32(26)28/h5-13,16,19-20,23H,3-4,14-15,17-18,21-22H2,1-2H3. The minimum absolute atomic E-state index is 0.260. The molecule has 0 spiro atoms. The zero-order chi connectivity index (χ0) is 26.3. The Morgan fingerprint density at radius 3 is 2.21 bits per heavy atom. The lowest BCUT2D eigenvalue weighted by Gasteiger charge is -2.32. The van der Waals surface area contributed by atoms with Crippen LogP contribution in [0, 0.1) is 11.7 Å². The number of ether oxygens (including phenoxy) is 3. The van der Waals surface area contributed by atoms with Gasteiger partial charge in [0, 0.05) is 18.1 Å². The van der Waals surface area contributed by atoms with Crippen molar-refractivity contribution in [1.29, 1.82) is 0 Å². The molecule has 4 aromatic rings. The van der Waals surface area contributed by atoms with Crippen molar-refractivity contribution in [2.45, 2.75) is 33.2 Å². The fourth-order valence-electron chi connectivity index (χ4n) is 5.14. The monoisotopic (exact) mass is 514 g/mol. The van der Waals surface area contributed by atoms with E-state index in [0.717, 1.165) is 77.3 Å². The van der Waals surface area contributed by atoms with Crippen molar-refractivity contribution >= 4 is 10.9 Å². The van der Waals surface area contributed by atoms with Gasteiger partial charge in [-0.2, -0.15) is 0 Å². The fourth-order valence-corrected chi connectivity index (χ4v) is 5.14. The number of nitrogens with zero attached hydrogens (tertiary/aromatic N) is 2. The first-order chi connectivity index (χ1) is 18.6. The van der Waals surface area contributed by atoms with Gasteiger partial charge in [0.05, 0.1) is 25.4 Å². The minimum atomic E-state index is -0.260. The van der Waals surface area contributed by atoms with E-state index in [1.54, 1.807) is 12.1 Å². The first kappa shape index (κ1) is 26.0. The molecule has 5 nitrogen and oxygen atoms in total. The summed E-state index contributed by atoms with van der Waals surface area (Å²) < 4.78 is 31.9. The molecular weight excluding hydrogens is 479 g/mol. The highest BCUT2D eigenvalue weighted by molar-refractivity contribution is 5.84. The van der Waals surface area contributed by atoms with E-state index in [4.69, 9.17) is 14.2 Å². The Morgan fingerprint density at radius 1 is 0.842 bits per heavy atom. The fraction of sp³-hybridized carbons (Fsp3) is 0.344. The van der Waals surface area contributed by atoms with Crippen LogP contribution in [-0.2, 0) is 6.54 Å². The second kappa shape index (κ2) is 12.3. The van der Waals surface area contributed by atoms with Crippen molar-refractivity contribution in [3.63, 3.8) is 0 Å². The van der Waals surface area contributed by atoms with Gasteiger partial charge in [0.1, 0.15) is 28.6 Å². The van der Waals surface area contributed by atoms with Gasteiger partial charge in [-0.1, -0.05) is 30.3 Å². The maximum absolute atomic E-state index is 13.6. The minimum Gasteiger partial charge on any atom is -0.493 e. The van der Waals surface area contributed by atoms with E-state index in [9.17, 15) is 4.39 Å². The van der Waals surface area contributed by atoms with Crippen LogP contribution in [0.25, 0.3) is 22.0 Å². The predicted molar refractivity (Wildman–Crippen MR) is 149 cm³/mol. The number of pyridine rings is 1. The molecule has 0 radical (unpaired) electrons. The smallest absolute Gasteiger partial charge is 0.145 e. The molecular formula is C32H35FN2O3. The number of likely N-dealkylation sites (tertiary alicyclic amines) is 1. The summed E-state index contributed by atoms with van der Waals surface area (Å²) in [6, 6.07) is 20.8. The lowest BCUT2D eigenvalue weighted by atomic mass is 9.96. The summed E-state index contributed by atoms with van der Waals surface area (Å²) in [6.07, 6.45) is 3.98. The Balaban J connectivity index is 1.24. The highest BCUT2D eigenvalue weighted by atomic mass is 19.1. The Kier molecular flexibility index (Phi) is 8.39. The SMILES string of the molecule is CCOc1cc(CN2CCC(COc3cccc4cccnc34)CC2)cc(OCC)c1-c1ccc(F)cc1. The van der Waals surface area contributed by atoms with Crippen LogP contribution in [0.4, 0.5) is 4.39 Å². The molecule has 1 fully saturated rings. The second-order valence-electron chi connectivity index (χ2n) is 9.70. The summed E-state index contributed by atoms with van der Waals surface area (Å²) in [4.78, 5) is 6.98. The van der Waals surface area contributed by atoms with Gasteiger partial charge in [-0.15, -0.1) is 0 Å². The maximum Gasteiger partial charge on any atom is 0.145 e. The van der Waals surface area contributed by atoms with Crippen molar-refractivity contribution < 1.29 is 18.6 Å². The Labute approximate surface area is 224 Å². The number of fused-ring (bicyclic) bond motifs is 1. The van der Waals surface area contributed by atoms with Crippen LogP contribution in [0.2, 0.25) is 0 Å². The molecule has 1 aliphatic rings. The van der Waals surface area contributed by atoms with E-state index in [2.05, 4.69) is 34.1 Å². The molecule has 5 rings (SSSR count). The quantitative estimate of drug-likeness (QED) is 0.225. The van der Waals surface area contributed by atoms with E-state index < -0.39 is 0 Å². The number of hydrogen-bond donors (Lipinski definition) is 0. The molecule has 0 amide bonds. The van der Waals surface area contributed by atoms with Crippen molar-refractivity contribution in [2.24, 2.45) is 5.92 Å². The molecule has 1 aliphatic heterocycles. The van der Waals surface area contributed by atoms with Gasteiger partial charge in [-0.25, -0.2) is 4.39 Å². The van der Waals surface area contributed by atoms with E-state index in [0.29, 0.717) is 25.7 Å². The summed E-state index contributed by atoms with van der Waals surface area (Å²) in [7, 11) is 0. The summed E-state index contributed by atoms with van der Waals surface area (Å²) in [5, 5.41) is 1.10. The van der Waals surface area contributed by atoms with Crippen LogP contribution in [0.15, 0.2) is 72.9 Å². The van der Waals surface area contributed by atoms with Crippen molar-refractivity contribution in [3.8, 4) is 28.4 Å². The highest BCUT2D eigenvalue weighted by Crippen LogP contribution is 2.40. The molecule has 0 aliphatic carbocycles. The third-order valence-electron chi connectivity index (χ3n) is 7.04. The molecule has 198 valence electrons. The van der Waals surface area contributed by atoms with Gasteiger partial charge in [0.15, 0.2) is 0 Å². The summed E-state index contributed by atoms with van der Waals surface area (Å²) >= 11 is 0. The summed E-state index contributed by atoms with van der Waals surface area (Å²) in [5.41, 5.74) is 3.83. The predicted octanol–water partition coefficient (Wildman–Crippen LogP) is 7.13. The molecule has 6 heteroatoms. The first-order valence-corrected chi connectivity index (χ1v) is 13.5. The van der Waals surface area contributed by atoms with E-state index in [1.807, 2.05) is 38.2 Å². The number of piperidine rings is 1. The third-order valence-corrected chi connectivity index (χ3v) is 7.04. The summed E-state index contributed by atoms with van der Waals surface area (Å²) in [6.45, 7) is 8.58. The van der Waals surface area contributed by atoms with Gasteiger partial charge < -0.3 is 14.2 Å². The second-order valence-corrected chi connectivity index (χ2v) is 9.70. The number of benzene rings is 3. The van der Waals surface area contributed by atoms with Crippen LogP contribution in [-0.4, -0.2) is 42.8 Å². The van der Waals surface area contributed by atoms with E-state index >= 15 is 0 Å². The van der Waals surface area contributed by atoms with Gasteiger partial charge >= 0.3 is 0 Å². The van der Waals surface area contributed by atoms with Crippen molar-refractivity contribution in [2.75, 3.05) is 32.9 Å². The lowest BCUT2D eigenvalue weighted by molar-refractivity contribution is 0.137. The van der Waals surface area contributed by atoms with Gasteiger partial charge in [-0.3, -0.25) is 9.88 Å². The van der Waals surface area contributed by atoms with E-state index in [-0.39, 0.29) is 5.82 Å². The van der Waals surface area contributed by atoms with E-state index in [1.165, 1.54) is 12.1 Å². The Hall–Kier alpha value is -3.64. The number of hydrogen-bond acceptors (Lipinski definition) is 5. The highest BCUT2D eigenvalue weighted by Gasteiger charge is 2.22. The van der Waals surface area contributed by atoms with Crippen LogP contribution < -0.4 is 14.2 Å². The largest absolute Gasteiger partial charge is 0.493 e. The molecule has 3 aromatic carbocycles. The average Bonchev–Trinajstić information content (AvgIpc) is 2.94. The number of halogens is 1. The first-order valence-electron chi connectivity index (χ1n) is 13.5. The van der Waals surface area contributed by atoms with Gasteiger partial charge in [0.25, 0.3) is 0 Å². The molecule has 0 bridgehead atoms. The van der Waals surface area contributed by atoms with Crippen molar-refractivity contribution in [1.82, 2.24) is 9.88 Å². The molecule has 38 heavy (non-hydrogen) atoms. The third kappa shape index (κ3) is 6.08. The Morgan fingerprint density at radius 2 is 1.53 bits per heavy atom. The molecule has 1 aromatic heterocycles. The molecule has 1 saturated heterocycles.